The van der Waals surface area contributed by atoms with Gasteiger partial charge in [-0.05, 0) is 17.5 Å². The van der Waals surface area contributed by atoms with Crippen molar-refractivity contribution in [1.82, 2.24) is 0 Å². The second-order valence-electron chi connectivity index (χ2n) is 3.03. The minimum Gasteiger partial charge on any atom is -0.207 e. The number of hydrogen-bond donors (Lipinski definition) is 0. The van der Waals surface area contributed by atoms with Gasteiger partial charge in [-0.3, -0.25) is 0 Å². The monoisotopic (exact) mass is 252 g/mol. The molecule has 1 atom stereocenters. The lowest BCUT2D eigenvalue weighted by Gasteiger charge is -2.11. The Morgan fingerprint density at radius 2 is 1.93 bits per heavy atom. The number of alkyl halides is 1. The van der Waals surface area contributed by atoms with E-state index in [-0.39, 0.29) is 10.8 Å². The van der Waals surface area contributed by atoms with Gasteiger partial charge in [0.05, 0.1) is 4.90 Å². The lowest BCUT2D eigenvalue weighted by Crippen LogP contribution is -2.02. The summed E-state index contributed by atoms with van der Waals surface area (Å²) in [7, 11) is 1.62. The molecule has 0 amide bonds. The SMILES string of the molecule is CC(CCl)c1ccccc1S(=O)(=O)Cl. The normalized spacial score (nSPS) is 13.9. The first-order valence-electron chi connectivity index (χ1n) is 4.06. The Labute approximate surface area is 93.3 Å². The van der Waals surface area contributed by atoms with Crippen LogP contribution in [0.3, 0.4) is 0 Å². The quantitative estimate of drug-likeness (QED) is 0.613. The van der Waals surface area contributed by atoms with Crippen LogP contribution in [0.5, 0.6) is 0 Å². The Bertz CT molecular complexity index is 415. The van der Waals surface area contributed by atoms with Gasteiger partial charge in [0.15, 0.2) is 0 Å². The summed E-state index contributed by atoms with van der Waals surface area (Å²) >= 11 is 5.67. The topological polar surface area (TPSA) is 34.1 Å². The molecule has 1 aromatic carbocycles. The number of halogens is 2. The second kappa shape index (κ2) is 4.51. The van der Waals surface area contributed by atoms with Gasteiger partial charge in [0.25, 0.3) is 9.05 Å². The van der Waals surface area contributed by atoms with Gasteiger partial charge in [0.2, 0.25) is 0 Å². The maximum Gasteiger partial charge on any atom is 0.261 e. The Morgan fingerprint density at radius 1 is 1.36 bits per heavy atom. The fourth-order valence-electron chi connectivity index (χ4n) is 1.19. The van der Waals surface area contributed by atoms with E-state index in [9.17, 15) is 8.42 Å². The lowest BCUT2D eigenvalue weighted by atomic mass is 10.0. The fraction of sp³-hybridized carbons (Fsp3) is 0.333. The Hall–Kier alpha value is -0.250. The van der Waals surface area contributed by atoms with Crippen LogP contribution in [0.25, 0.3) is 0 Å². The van der Waals surface area contributed by atoms with Crippen molar-refractivity contribution in [3.8, 4) is 0 Å². The van der Waals surface area contributed by atoms with E-state index in [1.807, 2.05) is 6.92 Å². The van der Waals surface area contributed by atoms with Crippen molar-refractivity contribution >= 4 is 31.3 Å². The summed E-state index contributed by atoms with van der Waals surface area (Å²) < 4.78 is 22.4. The van der Waals surface area contributed by atoms with E-state index in [0.717, 1.165) is 0 Å². The molecule has 0 aliphatic rings. The third-order valence-corrected chi connectivity index (χ3v) is 3.80. The summed E-state index contributed by atoms with van der Waals surface area (Å²) in [5.74, 6) is 0.338. The van der Waals surface area contributed by atoms with Gasteiger partial charge in [-0.1, -0.05) is 25.1 Å². The Balaban J connectivity index is 3.30. The van der Waals surface area contributed by atoms with Crippen molar-refractivity contribution in [2.24, 2.45) is 0 Å². The van der Waals surface area contributed by atoms with E-state index < -0.39 is 9.05 Å². The van der Waals surface area contributed by atoms with Crippen LogP contribution in [-0.4, -0.2) is 14.3 Å². The van der Waals surface area contributed by atoms with E-state index in [1.54, 1.807) is 18.2 Å². The molecule has 5 heteroatoms. The van der Waals surface area contributed by atoms with Gasteiger partial charge >= 0.3 is 0 Å². The molecule has 1 aromatic rings. The van der Waals surface area contributed by atoms with Crippen LogP contribution >= 0.6 is 22.3 Å². The zero-order valence-corrected chi connectivity index (χ0v) is 9.90. The molecule has 0 aromatic heterocycles. The summed E-state index contributed by atoms with van der Waals surface area (Å²) in [4.78, 5) is 0.148. The maximum atomic E-state index is 11.2. The summed E-state index contributed by atoms with van der Waals surface area (Å²) in [6, 6.07) is 6.62. The minimum absolute atomic E-state index is 0.0265. The van der Waals surface area contributed by atoms with Gasteiger partial charge in [-0.15, -0.1) is 11.6 Å². The van der Waals surface area contributed by atoms with Crippen LogP contribution in [-0.2, 0) is 9.05 Å². The third kappa shape index (κ3) is 2.62. The van der Waals surface area contributed by atoms with E-state index in [2.05, 4.69) is 0 Å². The third-order valence-electron chi connectivity index (χ3n) is 1.94. The second-order valence-corrected chi connectivity index (χ2v) is 5.87. The molecule has 0 heterocycles. The molecule has 0 N–H and O–H groups in total. The van der Waals surface area contributed by atoms with Crippen molar-refractivity contribution in [1.29, 1.82) is 0 Å². The van der Waals surface area contributed by atoms with Crippen LogP contribution in [0.2, 0.25) is 0 Å². The molecule has 0 bridgehead atoms. The predicted octanol–water partition coefficient (Wildman–Crippen LogP) is 2.96. The van der Waals surface area contributed by atoms with Gasteiger partial charge in [-0.2, -0.15) is 0 Å². The molecule has 2 nitrogen and oxygen atoms in total. The number of rotatable bonds is 3. The van der Waals surface area contributed by atoms with Gasteiger partial charge in [0, 0.05) is 16.6 Å². The molecule has 1 rings (SSSR count). The van der Waals surface area contributed by atoms with E-state index >= 15 is 0 Å². The summed E-state index contributed by atoms with van der Waals surface area (Å²) in [5, 5.41) is 0. The minimum atomic E-state index is -3.68. The molecule has 1 unspecified atom stereocenters. The molecular weight excluding hydrogens is 243 g/mol. The molecule has 0 radical (unpaired) electrons. The highest BCUT2D eigenvalue weighted by Crippen LogP contribution is 2.26. The lowest BCUT2D eigenvalue weighted by molar-refractivity contribution is 0.607. The van der Waals surface area contributed by atoms with Crippen LogP contribution in [0, 0.1) is 0 Å². The average molecular weight is 253 g/mol. The van der Waals surface area contributed by atoms with Crippen molar-refractivity contribution in [2.75, 3.05) is 5.88 Å². The molecule has 0 aliphatic heterocycles. The zero-order chi connectivity index (χ0) is 10.8. The van der Waals surface area contributed by atoms with Crippen LogP contribution in [0.4, 0.5) is 0 Å². The Kier molecular flexibility index (Phi) is 3.81. The molecule has 0 saturated carbocycles. The molecule has 0 aliphatic carbocycles. The smallest absolute Gasteiger partial charge is 0.207 e. The van der Waals surface area contributed by atoms with Crippen LogP contribution in [0.15, 0.2) is 29.2 Å². The largest absolute Gasteiger partial charge is 0.261 e. The fourth-order valence-corrected chi connectivity index (χ4v) is 2.57. The van der Waals surface area contributed by atoms with E-state index in [4.69, 9.17) is 22.3 Å². The molecule has 0 fully saturated rings. The first kappa shape index (κ1) is 11.8. The first-order chi connectivity index (χ1) is 6.46. The van der Waals surface area contributed by atoms with Gasteiger partial charge in [-0.25, -0.2) is 8.42 Å². The Morgan fingerprint density at radius 3 is 2.43 bits per heavy atom. The van der Waals surface area contributed by atoms with E-state index in [1.165, 1.54) is 6.07 Å². The maximum absolute atomic E-state index is 11.2. The highest BCUT2D eigenvalue weighted by Gasteiger charge is 2.18. The van der Waals surface area contributed by atoms with Gasteiger partial charge in [0.1, 0.15) is 0 Å². The average Bonchev–Trinajstić information content (AvgIpc) is 2.15. The summed E-state index contributed by atoms with van der Waals surface area (Å²) in [5.41, 5.74) is 0.664. The molecule has 14 heavy (non-hydrogen) atoms. The highest BCUT2D eigenvalue weighted by atomic mass is 35.7. The van der Waals surface area contributed by atoms with Crippen molar-refractivity contribution < 1.29 is 8.42 Å². The van der Waals surface area contributed by atoms with Crippen molar-refractivity contribution in [3.05, 3.63) is 29.8 Å². The van der Waals surface area contributed by atoms with E-state index in [0.29, 0.717) is 11.4 Å². The van der Waals surface area contributed by atoms with Crippen molar-refractivity contribution in [3.63, 3.8) is 0 Å². The molecule has 0 saturated heterocycles. The zero-order valence-electron chi connectivity index (χ0n) is 7.57. The molecule has 0 spiro atoms. The summed E-state index contributed by atoms with van der Waals surface area (Å²) in [6.45, 7) is 1.86. The van der Waals surface area contributed by atoms with Gasteiger partial charge < -0.3 is 0 Å². The van der Waals surface area contributed by atoms with Crippen molar-refractivity contribution in [2.45, 2.75) is 17.7 Å². The standard InChI is InChI=1S/C9H10Cl2O2S/c1-7(6-10)8-4-2-3-5-9(8)14(11,12)13/h2-5,7H,6H2,1H3. The number of hydrogen-bond acceptors (Lipinski definition) is 2. The molecule has 78 valence electrons. The summed E-state index contributed by atoms with van der Waals surface area (Å²) in [6.07, 6.45) is 0. The van der Waals surface area contributed by atoms with Crippen LogP contribution < -0.4 is 0 Å². The molecular formula is C9H10Cl2O2S. The first-order valence-corrected chi connectivity index (χ1v) is 6.90. The predicted molar refractivity (Wildman–Crippen MR) is 58.6 cm³/mol. The highest BCUT2D eigenvalue weighted by molar-refractivity contribution is 8.13. The number of benzene rings is 1. The van der Waals surface area contributed by atoms with Crippen LogP contribution in [0.1, 0.15) is 18.4 Å².